The van der Waals surface area contributed by atoms with E-state index in [2.05, 4.69) is 5.16 Å². The molecular weight excluding hydrogens is 390 g/mol. The van der Waals surface area contributed by atoms with Crippen LogP contribution in [0.5, 0.6) is 23.0 Å². The number of carbonyl (C=O) groups is 1. The maximum Gasteiger partial charge on any atom is 0.347 e. The lowest BCUT2D eigenvalue weighted by molar-refractivity contribution is -0.152. The van der Waals surface area contributed by atoms with E-state index in [9.17, 15) is 9.90 Å². The molecule has 0 saturated heterocycles. The number of methoxy groups -OCH3 is 3. The maximum absolute atomic E-state index is 11.2. The molecule has 0 amide bonds. The van der Waals surface area contributed by atoms with E-state index in [0.29, 0.717) is 34.5 Å². The second kappa shape index (κ2) is 8.36. The summed E-state index contributed by atoms with van der Waals surface area (Å²) in [4.78, 5) is 11.2. The first kappa shape index (κ1) is 21.0. The Morgan fingerprint density at radius 2 is 1.53 bits per heavy atom. The molecule has 0 atom stereocenters. The molecule has 0 fully saturated rings. The van der Waals surface area contributed by atoms with Gasteiger partial charge in [-0.05, 0) is 50.2 Å². The molecule has 2 aromatic carbocycles. The molecule has 0 spiro atoms. The molecule has 8 heteroatoms. The average molecular weight is 413 g/mol. The van der Waals surface area contributed by atoms with E-state index >= 15 is 0 Å². The number of hydrogen-bond acceptors (Lipinski definition) is 7. The van der Waals surface area contributed by atoms with E-state index in [4.69, 9.17) is 23.5 Å². The van der Waals surface area contributed by atoms with Crippen molar-refractivity contribution in [1.82, 2.24) is 5.16 Å². The van der Waals surface area contributed by atoms with Gasteiger partial charge in [-0.15, -0.1) is 0 Å². The van der Waals surface area contributed by atoms with Gasteiger partial charge < -0.3 is 28.6 Å². The van der Waals surface area contributed by atoms with Crippen LogP contribution in [0.25, 0.3) is 22.6 Å². The molecule has 0 bridgehead atoms. The zero-order chi connectivity index (χ0) is 21.9. The Hall–Kier alpha value is -3.68. The van der Waals surface area contributed by atoms with Crippen LogP contribution in [-0.2, 0) is 4.79 Å². The molecule has 0 radical (unpaired) electrons. The Morgan fingerprint density at radius 1 is 0.933 bits per heavy atom. The molecule has 8 nitrogen and oxygen atoms in total. The monoisotopic (exact) mass is 413 g/mol. The molecule has 158 valence electrons. The van der Waals surface area contributed by atoms with Crippen LogP contribution in [0.3, 0.4) is 0 Å². The Morgan fingerprint density at radius 3 is 2.03 bits per heavy atom. The third-order valence-corrected chi connectivity index (χ3v) is 4.50. The lowest BCUT2D eigenvalue weighted by atomic mass is 10.1. The minimum Gasteiger partial charge on any atom is -0.493 e. The van der Waals surface area contributed by atoms with Crippen molar-refractivity contribution in [1.29, 1.82) is 0 Å². The Kier molecular flexibility index (Phi) is 5.86. The summed E-state index contributed by atoms with van der Waals surface area (Å²) >= 11 is 0. The summed E-state index contributed by atoms with van der Waals surface area (Å²) < 4.78 is 27.1. The molecule has 0 unspecified atom stereocenters. The quantitative estimate of drug-likeness (QED) is 0.584. The van der Waals surface area contributed by atoms with Crippen molar-refractivity contribution in [3.05, 3.63) is 42.5 Å². The summed E-state index contributed by atoms with van der Waals surface area (Å²) in [6.07, 6.45) is 0. The van der Waals surface area contributed by atoms with Crippen molar-refractivity contribution in [3.63, 3.8) is 0 Å². The minimum atomic E-state index is -1.33. The van der Waals surface area contributed by atoms with Crippen LogP contribution in [0.15, 0.2) is 47.0 Å². The number of aliphatic carboxylic acids is 1. The van der Waals surface area contributed by atoms with E-state index < -0.39 is 11.6 Å². The number of carboxylic acids is 1. The van der Waals surface area contributed by atoms with Crippen molar-refractivity contribution in [3.8, 4) is 45.6 Å². The van der Waals surface area contributed by atoms with Crippen LogP contribution in [-0.4, -0.2) is 43.2 Å². The maximum atomic E-state index is 11.2. The van der Waals surface area contributed by atoms with Gasteiger partial charge in [0, 0.05) is 17.2 Å². The normalized spacial score (nSPS) is 11.1. The largest absolute Gasteiger partial charge is 0.493 e. The lowest BCUT2D eigenvalue weighted by Gasteiger charge is -2.21. The van der Waals surface area contributed by atoms with E-state index in [1.54, 1.807) is 63.8 Å². The van der Waals surface area contributed by atoms with Crippen LogP contribution < -0.4 is 18.9 Å². The highest BCUT2D eigenvalue weighted by Gasteiger charge is 2.29. The van der Waals surface area contributed by atoms with Crippen LogP contribution in [0.2, 0.25) is 0 Å². The van der Waals surface area contributed by atoms with Crippen molar-refractivity contribution < 1.29 is 33.4 Å². The summed E-state index contributed by atoms with van der Waals surface area (Å²) in [6, 6.07) is 12.3. The third-order valence-electron chi connectivity index (χ3n) is 4.50. The number of ether oxygens (including phenoxy) is 4. The molecule has 1 aromatic heterocycles. The molecule has 3 rings (SSSR count). The number of benzene rings is 2. The fourth-order valence-electron chi connectivity index (χ4n) is 2.80. The Bertz CT molecular complexity index is 1010. The highest BCUT2D eigenvalue weighted by molar-refractivity contribution is 5.77. The zero-order valence-corrected chi connectivity index (χ0v) is 17.4. The standard InChI is InChI=1S/C22H23NO7/c1-22(2,21(24)25)29-15-8-6-13(7-9-15)17-12-16(23-30-17)14-10-18(26-3)20(28-5)19(11-14)27-4/h6-12H,1-5H3,(H,24,25). The van der Waals surface area contributed by atoms with E-state index in [-0.39, 0.29) is 0 Å². The fourth-order valence-corrected chi connectivity index (χ4v) is 2.80. The third kappa shape index (κ3) is 4.17. The smallest absolute Gasteiger partial charge is 0.347 e. The van der Waals surface area contributed by atoms with Crippen molar-refractivity contribution in [2.75, 3.05) is 21.3 Å². The summed E-state index contributed by atoms with van der Waals surface area (Å²) in [6.45, 7) is 2.98. The van der Waals surface area contributed by atoms with Gasteiger partial charge in [-0.1, -0.05) is 5.16 Å². The highest BCUT2D eigenvalue weighted by Crippen LogP contribution is 2.41. The number of carboxylic acid groups (broad SMARTS) is 1. The fraction of sp³-hybridized carbons (Fsp3) is 0.273. The number of hydrogen-bond donors (Lipinski definition) is 1. The molecule has 0 aliphatic heterocycles. The first-order chi connectivity index (χ1) is 14.3. The predicted molar refractivity (Wildman–Crippen MR) is 109 cm³/mol. The van der Waals surface area contributed by atoms with Crippen molar-refractivity contribution in [2.45, 2.75) is 19.4 Å². The Labute approximate surface area is 173 Å². The van der Waals surface area contributed by atoms with Crippen molar-refractivity contribution >= 4 is 5.97 Å². The average Bonchev–Trinajstić information content (AvgIpc) is 3.23. The lowest BCUT2D eigenvalue weighted by Crippen LogP contribution is -2.37. The van der Waals surface area contributed by atoms with Gasteiger partial charge in [0.05, 0.1) is 21.3 Å². The number of nitrogens with zero attached hydrogens (tertiary/aromatic N) is 1. The van der Waals surface area contributed by atoms with Crippen LogP contribution in [0.4, 0.5) is 0 Å². The van der Waals surface area contributed by atoms with Crippen LogP contribution >= 0.6 is 0 Å². The summed E-state index contributed by atoms with van der Waals surface area (Å²) in [5, 5.41) is 13.3. The molecule has 1 N–H and O–H groups in total. The molecule has 0 aliphatic rings. The SMILES string of the molecule is COc1cc(-c2cc(-c3ccc(OC(C)(C)C(=O)O)cc3)on2)cc(OC)c1OC. The van der Waals surface area contributed by atoms with Gasteiger partial charge in [0.1, 0.15) is 11.4 Å². The summed E-state index contributed by atoms with van der Waals surface area (Å²) in [5.74, 6) is 1.46. The van der Waals surface area contributed by atoms with Gasteiger partial charge in [0.2, 0.25) is 5.75 Å². The first-order valence-electron chi connectivity index (χ1n) is 9.09. The number of aromatic nitrogens is 1. The van der Waals surface area contributed by atoms with Crippen molar-refractivity contribution in [2.24, 2.45) is 0 Å². The summed E-state index contributed by atoms with van der Waals surface area (Å²) in [7, 11) is 4.63. The van der Waals surface area contributed by atoms with E-state index in [1.165, 1.54) is 13.8 Å². The molecular formula is C22H23NO7. The highest BCUT2D eigenvalue weighted by atomic mass is 16.5. The first-order valence-corrected chi connectivity index (χ1v) is 9.09. The molecule has 1 heterocycles. The van der Waals surface area contributed by atoms with Gasteiger partial charge in [0.15, 0.2) is 22.9 Å². The molecule has 30 heavy (non-hydrogen) atoms. The molecule has 0 saturated carbocycles. The predicted octanol–water partition coefficient (Wildman–Crippen LogP) is 4.28. The Balaban J connectivity index is 1.87. The second-order valence-corrected chi connectivity index (χ2v) is 6.93. The van der Waals surface area contributed by atoms with Gasteiger partial charge >= 0.3 is 5.97 Å². The van der Waals surface area contributed by atoms with Gasteiger partial charge in [-0.2, -0.15) is 0 Å². The second-order valence-electron chi connectivity index (χ2n) is 6.93. The minimum absolute atomic E-state index is 0.440. The summed E-state index contributed by atoms with van der Waals surface area (Å²) in [5.41, 5.74) is 0.772. The van der Waals surface area contributed by atoms with Gasteiger partial charge in [0.25, 0.3) is 0 Å². The topological polar surface area (TPSA) is 100 Å². The number of rotatable bonds is 8. The van der Waals surface area contributed by atoms with Crippen LogP contribution in [0, 0.1) is 0 Å². The van der Waals surface area contributed by atoms with Crippen LogP contribution in [0.1, 0.15) is 13.8 Å². The molecule has 3 aromatic rings. The van der Waals surface area contributed by atoms with Gasteiger partial charge in [-0.3, -0.25) is 0 Å². The van der Waals surface area contributed by atoms with E-state index in [0.717, 1.165) is 11.1 Å². The van der Waals surface area contributed by atoms with Gasteiger partial charge in [-0.25, -0.2) is 4.79 Å². The molecule has 0 aliphatic carbocycles. The van der Waals surface area contributed by atoms with E-state index in [1.807, 2.05) is 0 Å². The zero-order valence-electron chi connectivity index (χ0n) is 17.4.